The van der Waals surface area contributed by atoms with Crippen LogP contribution in [0, 0.1) is 0 Å². The van der Waals surface area contributed by atoms with Crippen molar-refractivity contribution in [2.24, 2.45) is 0 Å². The van der Waals surface area contributed by atoms with E-state index in [1.807, 2.05) is 0 Å². The summed E-state index contributed by atoms with van der Waals surface area (Å²) in [6.45, 7) is 9.22. The van der Waals surface area contributed by atoms with Crippen molar-refractivity contribution in [3.8, 4) is 0 Å². The quantitative estimate of drug-likeness (QED) is 0.859. The highest BCUT2D eigenvalue weighted by Gasteiger charge is 2.26. The molecular formula is C16H26N2. The standard InChI is InChI=1S/C16H26N2/c1-3-10-18-12-15(11-16(13-18)17-4-2)14-8-6-5-7-9-14/h5-9,15-17H,3-4,10-13H2,1-2H3. The lowest BCUT2D eigenvalue weighted by atomic mass is 9.88. The Bertz CT molecular complexity index is 322. The maximum atomic E-state index is 3.63. The van der Waals surface area contributed by atoms with Crippen LogP contribution >= 0.6 is 0 Å². The van der Waals surface area contributed by atoms with Gasteiger partial charge in [0.25, 0.3) is 0 Å². The van der Waals surface area contributed by atoms with Gasteiger partial charge in [0.2, 0.25) is 0 Å². The molecule has 100 valence electrons. The Morgan fingerprint density at radius 1 is 1.17 bits per heavy atom. The minimum atomic E-state index is 0.653. The molecule has 1 aromatic rings. The molecular weight excluding hydrogens is 220 g/mol. The van der Waals surface area contributed by atoms with E-state index in [4.69, 9.17) is 0 Å². The van der Waals surface area contributed by atoms with Crippen LogP contribution in [0.5, 0.6) is 0 Å². The second kappa shape index (κ2) is 6.91. The number of benzene rings is 1. The highest BCUT2D eigenvalue weighted by atomic mass is 15.2. The Kier molecular flexibility index (Phi) is 5.21. The zero-order chi connectivity index (χ0) is 12.8. The van der Waals surface area contributed by atoms with E-state index in [1.165, 1.54) is 38.0 Å². The molecule has 1 aliphatic heterocycles. The van der Waals surface area contributed by atoms with Crippen molar-refractivity contribution in [1.82, 2.24) is 10.2 Å². The molecule has 2 rings (SSSR count). The molecule has 0 bridgehead atoms. The monoisotopic (exact) mass is 246 g/mol. The van der Waals surface area contributed by atoms with Crippen molar-refractivity contribution in [3.05, 3.63) is 35.9 Å². The maximum absolute atomic E-state index is 3.63. The van der Waals surface area contributed by atoms with Crippen molar-refractivity contribution in [2.45, 2.75) is 38.6 Å². The maximum Gasteiger partial charge on any atom is 0.0201 e. The van der Waals surface area contributed by atoms with E-state index in [1.54, 1.807) is 0 Å². The van der Waals surface area contributed by atoms with E-state index >= 15 is 0 Å². The van der Waals surface area contributed by atoms with Crippen LogP contribution in [0.3, 0.4) is 0 Å². The highest BCUT2D eigenvalue weighted by molar-refractivity contribution is 5.21. The van der Waals surface area contributed by atoms with Crippen LogP contribution in [0.25, 0.3) is 0 Å². The van der Waals surface area contributed by atoms with Gasteiger partial charge in [0, 0.05) is 19.1 Å². The van der Waals surface area contributed by atoms with Crippen molar-refractivity contribution in [3.63, 3.8) is 0 Å². The predicted octanol–water partition coefficient (Wildman–Crippen LogP) is 2.86. The normalized spacial score (nSPS) is 25.2. The van der Waals surface area contributed by atoms with Crippen LogP contribution in [0.2, 0.25) is 0 Å². The number of piperidine rings is 1. The van der Waals surface area contributed by atoms with Crippen LogP contribution in [0.15, 0.2) is 30.3 Å². The molecule has 0 amide bonds. The van der Waals surface area contributed by atoms with Gasteiger partial charge in [-0.1, -0.05) is 44.2 Å². The molecule has 1 fully saturated rings. The molecule has 0 spiro atoms. The SMILES string of the molecule is CCCN1CC(NCC)CC(c2ccccc2)C1. The van der Waals surface area contributed by atoms with Crippen LogP contribution in [-0.2, 0) is 0 Å². The first-order valence-electron chi connectivity index (χ1n) is 7.34. The van der Waals surface area contributed by atoms with Crippen LogP contribution < -0.4 is 5.32 Å². The molecule has 2 atom stereocenters. The van der Waals surface area contributed by atoms with Gasteiger partial charge in [0.15, 0.2) is 0 Å². The van der Waals surface area contributed by atoms with Gasteiger partial charge in [-0.3, -0.25) is 0 Å². The Hall–Kier alpha value is -0.860. The van der Waals surface area contributed by atoms with Crippen molar-refractivity contribution >= 4 is 0 Å². The Morgan fingerprint density at radius 3 is 2.61 bits per heavy atom. The average Bonchev–Trinajstić information content (AvgIpc) is 2.40. The summed E-state index contributed by atoms with van der Waals surface area (Å²) in [5.41, 5.74) is 1.50. The number of hydrogen-bond acceptors (Lipinski definition) is 2. The van der Waals surface area contributed by atoms with E-state index in [-0.39, 0.29) is 0 Å². The molecule has 1 heterocycles. The van der Waals surface area contributed by atoms with Gasteiger partial charge in [0.05, 0.1) is 0 Å². The molecule has 0 aromatic heterocycles. The lowest BCUT2D eigenvalue weighted by Crippen LogP contribution is -2.48. The summed E-state index contributed by atoms with van der Waals surface area (Å²) in [4.78, 5) is 2.62. The number of likely N-dealkylation sites (tertiary alicyclic amines) is 1. The molecule has 1 aromatic carbocycles. The van der Waals surface area contributed by atoms with E-state index in [9.17, 15) is 0 Å². The summed E-state index contributed by atoms with van der Waals surface area (Å²) in [6, 6.07) is 11.7. The molecule has 1 saturated heterocycles. The zero-order valence-electron chi connectivity index (χ0n) is 11.7. The van der Waals surface area contributed by atoms with Gasteiger partial charge in [-0.15, -0.1) is 0 Å². The molecule has 2 heteroatoms. The minimum Gasteiger partial charge on any atom is -0.313 e. The Balaban J connectivity index is 2.05. The van der Waals surface area contributed by atoms with Crippen LogP contribution in [0.1, 0.15) is 38.2 Å². The fourth-order valence-electron chi connectivity index (χ4n) is 3.09. The summed E-state index contributed by atoms with van der Waals surface area (Å²) in [6.07, 6.45) is 2.53. The third kappa shape index (κ3) is 3.56. The molecule has 1 aliphatic rings. The zero-order valence-corrected chi connectivity index (χ0v) is 11.7. The number of rotatable bonds is 5. The van der Waals surface area contributed by atoms with Gasteiger partial charge in [-0.25, -0.2) is 0 Å². The lowest BCUT2D eigenvalue weighted by Gasteiger charge is -2.38. The van der Waals surface area contributed by atoms with Crippen molar-refractivity contribution in [1.29, 1.82) is 0 Å². The lowest BCUT2D eigenvalue weighted by molar-refractivity contribution is 0.173. The summed E-state index contributed by atoms with van der Waals surface area (Å²) < 4.78 is 0. The van der Waals surface area contributed by atoms with E-state index in [2.05, 4.69) is 54.4 Å². The van der Waals surface area contributed by atoms with Crippen LogP contribution in [0.4, 0.5) is 0 Å². The highest BCUT2D eigenvalue weighted by Crippen LogP contribution is 2.27. The first-order valence-corrected chi connectivity index (χ1v) is 7.34. The minimum absolute atomic E-state index is 0.653. The molecule has 1 N–H and O–H groups in total. The second-order valence-corrected chi connectivity index (χ2v) is 5.36. The fourth-order valence-corrected chi connectivity index (χ4v) is 3.09. The van der Waals surface area contributed by atoms with Crippen molar-refractivity contribution in [2.75, 3.05) is 26.2 Å². The Labute approximate surface area is 111 Å². The summed E-state index contributed by atoms with van der Waals surface area (Å²) in [7, 11) is 0. The van der Waals surface area contributed by atoms with E-state index in [0.29, 0.717) is 12.0 Å². The third-order valence-electron chi connectivity index (χ3n) is 3.83. The van der Waals surface area contributed by atoms with Gasteiger partial charge < -0.3 is 10.2 Å². The smallest absolute Gasteiger partial charge is 0.0201 e. The molecule has 18 heavy (non-hydrogen) atoms. The molecule has 2 unspecified atom stereocenters. The molecule has 0 radical (unpaired) electrons. The van der Waals surface area contributed by atoms with Gasteiger partial charge in [-0.05, 0) is 37.4 Å². The number of nitrogens with one attached hydrogen (secondary N) is 1. The molecule has 0 saturated carbocycles. The van der Waals surface area contributed by atoms with Gasteiger partial charge in [-0.2, -0.15) is 0 Å². The summed E-state index contributed by atoms with van der Waals surface area (Å²) >= 11 is 0. The number of nitrogens with zero attached hydrogens (tertiary/aromatic N) is 1. The van der Waals surface area contributed by atoms with Gasteiger partial charge >= 0.3 is 0 Å². The summed E-state index contributed by atoms with van der Waals surface area (Å²) in [5, 5.41) is 3.63. The molecule has 2 nitrogen and oxygen atoms in total. The number of likely N-dealkylation sites (N-methyl/N-ethyl adjacent to an activating group) is 1. The average molecular weight is 246 g/mol. The Morgan fingerprint density at radius 2 is 1.94 bits per heavy atom. The summed E-state index contributed by atoms with van der Waals surface area (Å²) in [5.74, 6) is 0.690. The van der Waals surface area contributed by atoms with Gasteiger partial charge in [0.1, 0.15) is 0 Å². The van der Waals surface area contributed by atoms with Crippen molar-refractivity contribution < 1.29 is 0 Å². The fraction of sp³-hybridized carbons (Fsp3) is 0.625. The van der Waals surface area contributed by atoms with Crippen LogP contribution in [-0.4, -0.2) is 37.1 Å². The second-order valence-electron chi connectivity index (χ2n) is 5.36. The first-order chi connectivity index (χ1) is 8.83. The number of hydrogen-bond donors (Lipinski definition) is 1. The first kappa shape index (κ1) is 13.6. The topological polar surface area (TPSA) is 15.3 Å². The predicted molar refractivity (Wildman–Crippen MR) is 78.0 cm³/mol. The van der Waals surface area contributed by atoms with E-state index < -0.39 is 0 Å². The largest absolute Gasteiger partial charge is 0.313 e. The van der Waals surface area contributed by atoms with E-state index in [0.717, 1.165) is 6.54 Å². The third-order valence-corrected chi connectivity index (χ3v) is 3.83. The molecule has 0 aliphatic carbocycles.